The van der Waals surface area contributed by atoms with E-state index in [1.807, 2.05) is 18.0 Å². The summed E-state index contributed by atoms with van der Waals surface area (Å²) in [7, 11) is 2.01. The molecular weight excluding hydrogens is 419 g/mol. The number of benzene rings is 2. The summed E-state index contributed by atoms with van der Waals surface area (Å²) in [6.45, 7) is 3.43. The van der Waals surface area contributed by atoms with E-state index in [9.17, 15) is 13.2 Å². The van der Waals surface area contributed by atoms with Gasteiger partial charge < -0.3 is 15.4 Å². The van der Waals surface area contributed by atoms with Crippen molar-refractivity contribution < 1.29 is 17.9 Å². The molecule has 0 bridgehead atoms. The van der Waals surface area contributed by atoms with E-state index in [0.29, 0.717) is 5.82 Å². The first-order chi connectivity index (χ1) is 15.3. The number of alkyl halides is 3. The average molecular weight is 443 g/mol. The Morgan fingerprint density at radius 3 is 2.66 bits per heavy atom. The van der Waals surface area contributed by atoms with Gasteiger partial charge in [0.25, 0.3) is 0 Å². The number of aromatic nitrogens is 2. The van der Waals surface area contributed by atoms with E-state index in [4.69, 9.17) is 10.5 Å². The third-order valence-corrected chi connectivity index (χ3v) is 5.51. The van der Waals surface area contributed by atoms with E-state index in [0.717, 1.165) is 48.7 Å². The predicted octanol–water partition coefficient (Wildman–Crippen LogP) is 3.34. The molecule has 32 heavy (non-hydrogen) atoms. The van der Waals surface area contributed by atoms with Crippen molar-refractivity contribution in [2.75, 3.05) is 45.6 Å². The van der Waals surface area contributed by atoms with Gasteiger partial charge in [0.1, 0.15) is 12.4 Å². The summed E-state index contributed by atoms with van der Waals surface area (Å²) in [5.41, 5.74) is 6.82. The van der Waals surface area contributed by atoms with Crippen molar-refractivity contribution in [1.29, 1.82) is 0 Å². The monoisotopic (exact) mass is 443 g/mol. The van der Waals surface area contributed by atoms with E-state index in [1.54, 1.807) is 18.2 Å². The fourth-order valence-corrected chi connectivity index (χ4v) is 3.67. The lowest BCUT2D eigenvalue weighted by atomic mass is 10.1. The van der Waals surface area contributed by atoms with E-state index < -0.39 is 11.7 Å². The van der Waals surface area contributed by atoms with Gasteiger partial charge in [0.05, 0.1) is 11.1 Å². The van der Waals surface area contributed by atoms with Gasteiger partial charge in [0.2, 0.25) is 0 Å². The summed E-state index contributed by atoms with van der Waals surface area (Å²) in [6, 6.07) is 9.55. The van der Waals surface area contributed by atoms with Gasteiger partial charge in [-0.25, -0.2) is 0 Å². The second-order valence-corrected chi connectivity index (χ2v) is 7.86. The number of anilines is 1. The smallest absolute Gasteiger partial charge is 0.416 e. The summed E-state index contributed by atoms with van der Waals surface area (Å²) < 4.78 is 46.4. The molecule has 3 N–H and O–H groups in total. The first-order valence-corrected chi connectivity index (χ1v) is 10.3. The second-order valence-electron chi connectivity index (χ2n) is 7.86. The number of halogens is 3. The van der Waals surface area contributed by atoms with Crippen LogP contribution in [0, 0.1) is 11.8 Å². The zero-order chi connectivity index (χ0) is 22.7. The molecular formula is C23H24F3N5O. The predicted molar refractivity (Wildman–Crippen MR) is 117 cm³/mol. The number of piperazine rings is 1. The van der Waals surface area contributed by atoms with Crippen LogP contribution in [0.1, 0.15) is 16.7 Å². The van der Waals surface area contributed by atoms with Gasteiger partial charge in [-0.05, 0) is 42.9 Å². The Balaban J connectivity index is 1.43. The minimum absolute atomic E-state index is 0.0295. The number of nitrogen functional groups attached to an aromatic ring is 1. The van der Waals surface area contributed by atoms with Crippen molar-refractivity contribution in [3.05, 3.63) is 53.1 Å². The van der Waals surface area contributed by atoms with E-state index >= 15 is 0 Å². The second kappa shape index (κ2) is 9.10. The quantitative estimate of drug-likeness (QED) is 0.606. The highest BCUT2D eigenvalue weighted by Gasteiger charge is 2.34. The Bertz CT molecular complexity index is 1150. The van der Waals surface area contributed by atoms with Gasteiger partial charge in [-0.1, -0.05) is 17.9 Å². The van der Waals surface area contributed by atoms with Crippen LogP contribution < -0.4 is 10.5 Å². The van der Waals surface area contributed by atoms with Crippen molar-refractivity contribution >= 4 is 16.7 Å². The summed E-state index contributed by atoms with van der Waals surface area (Å²) in [4.78, 5) is 4.21. The molecule has 2 heterocycles. The van der Waals surface area contributed by atoms with Crippen LogP contribution in [0.15, 0.2) is 36.4 Å². The zero-order valence-electron chi connectivity index (χ0n) is 17.7. The number of ether oxygens (including phenoxy) is 1. The van der Waals surface area contributed by atoms with Crippen molar-refractivity contribution in [3.63, 3.8) is 0 Å². The topological polar surface area (TPSA) is 70.4 Å². The lowest BCUT2D eigenvalue weighted by Crippen LogP contribution is -2.44. The fraction of sp³-hybridized carbons (Fsp3) is 0.348. The van der Waals surface area contributed by atoms with Gasteiger partial charge in [-0.15, -0.1) is 0 Å². The van der Waals surface area contributed by atoms with Crippen LogP contribution in [0.25, 0.3) is 10.9 Å². The molecule has 3 aromatic rings. The third kappa shape index (κ3) is 5.15. The Labute approximate surface area is 184 Å². The number of nitrogens with two attached hydrogens (primary N) is 1. The van der Waals surface area contributed by atoms with Gasteiger partial charge in [0, 0.05) is 43.7 Å². The van der Waals surface area contributed by atoms with Gasteiger partial charge in [-0.3, -0.25) is 10.00 Å². The maximum atomic E-state index is 13.7. The number of nitrogens with one attached hydrogen (secondary N) is 1. The Morgan fingerprint density at radius 1 is 1.12 bits per heavy atom. The van der Waals surface area contributed by atoms with Crippen molar-refractivity contribution in [2.24, 2.45) is 0 Å². The maximum Gasteiger partial charge on any atom is 0.416 e. The molecule has 1 saturated heterocycles. The molecule has 4 rings (SSSR count). The molecule has 1 aliphatic heterocycles. The molecule has 0 amide bonds. The number of hydrogen-bond donors (Lipinski definition) is 2. The minimum atomic E-state index is -4.45. The maximum absolute atomic E-state index is 13.7. The molecule has 9 heteroatoms. The van der Waals surface area contributed by atoms with E-state index in [-0.39, 0.29) is 24.5 Å². The largest absolute Gasteiger partial charge is 0.481 e. The van der Waals surface area contributed by atoms with Crippen LogP contribution in [0.3, 0.4) is 0 Å². The van der Waals surface area contributed by atoms with Crippen molar-refractivity contribution in [1.82, 2.24) is 20.0 Å². The molecule has 2 aromatic carbocycles. The molecule has 0 aliphatic carbocycles. The number of nitrogens with zero attached hydrogens (tertiary/aromatic N) is 3. The van der Waals surface area contributed by atoms with Crippen molar-refractivity contribution in [3.8, 4) is 17.6 Å². The molecule has 0 spiro atoms. The molecule has 0 radical (unpaired) electrons. The summed E-state index contributed by atoms with van der Waals surface area (Å²) in [6.07, 6.45) is -4.45. The van der Waals surface area contributed by atoms with Gasteiger partial charge >= 0.3 is 6.18 Å². The third-order valence-electron chi connectivity index (χ3n) is 5.51. The molecule has 1 aliphatic rings. The zero-order valence-corrected chi connectivity index (χ0v) is 17.7. The van der Waals surface area contributed by atoms with E-state index in [1.165, 1.54) is 6.07 Å². The molecule has 1 fully saturated rings. The highest BCUT2D eigenvalue weighted by atomic mass is 19.4. The van der Waals surface area contributed by atoms with Crippen LogP contribution in [-0.2, 0) is 12.7 Å². The molecule has 0 saturated carbocycles. The van der Waals surface area contributed by atoms with Gasteiger partial charge in [0.15, 0.2) is 5.82 Å². The Hall–Kier alpha value is -3.22. The SMILES string of the molecule is CN1CCN(Cc2ccc(OCC#Cc3ccc4c(N)n[nH]c4c3)cc2C(F)(F)F)CC1. The number of aromatic amines is 1. The molecule has 0 unspecified atom stereocenters. The first-order valence-electron chi connectivity index (χ1n) is 10.3. The first kappa shape index (κ1) is 22.0. The summed E-state index contributed by atoms with van der Waals surface area (Å²) in [5, 5.41) is 7.55. The highest BCUT2D eigenvalue weighted by molar-refractivity contribution is 5.89. The summed E-state index contributed by atoms with van der Waals surface area (Å²) in [5.74, 6) is 6.33. The van der Waals surface area contributed by atoms with Crippen LogP contribution in [0.5, 0.6) is 5.75 Å². The fourth-order valence-electron chi connectivity index (χ4n) is 3.67. The van der Waals surface area contributed by atoms with Gasteiger partial charge in [-0.2, -0.15) is 18.3 Å². The van der Waals surface area contributed by atoms with Crippen LogP contribution in [-0.4, -0.2) is 59.8 Å². The standard InChI is InChI=1S/C23H24F3N5O/c1-30-8-10-31(11-9-30)15-17-5-6-18(14-20(17)23(24,25)26)32-12-2-3-16-4-7-19-21(13-16)28-29-22(19)27/h4-7,13-14H,8-12,15H2,1H3,(H3,27,28,29). The number of rotatable bonds is 4. The molecule has 6 nitrogen and oxygen atoms in total. The number of likely N-dealkylation sites (N-methyl/N-ethyl adjacent to an activating group) is 1. The normalized spacial score (nSPS) is 15.5. The minimum Gasteiger partial charge on any atom is -0.481 e. The summed E-state index contributed by atoms with van der Waals surface area (Å²) >= 11 is 0. The lowest BCUT2D eigenvalue weighted by molar-refractivity contribution is -0.138. The number of fused-ring (bicyclic) bond motifs is 1. The lowest BCUT2D eigenvalue weighted by Gasteiger charge is -2.32. The Kier molecular flexibility index (Phi) is 6.26. The van der Waals surface area contributed by atoms with Crippen LogP contribution in [0.2, 0.25) is 0 Å². The average Bonchev–Trinajstić information content (AvgIpc) is 3.13. The Morgan fingerprint density at radius 2 is 1.91 bits per heavy atom. The molecule has 0 atom stereocenters. The van der Waals surface area contributed by atoms with Crippen LogP contribution in [0.4, 0.5) is 19.0 Å². The van der Waals surface area contributed by atoms with Crippen molar-refractivity contribution in [2.45, 2.75) is 12.7 Å². The molecule has 1 aromatic heterocycles. The number of hydrogen-bond acceptors (Lipinski definition) is 5. The van der Waals surface area contributed by atoms with Crippen LogP contribution >= 0.6 is 0 Å². The molecule has 168 valence electrons. The highest BCUT2D eigenvalue weighted by Crippen LogP contribution is 2.35. The number of H-pyrrole nitrogens is 1. The van der Waals surface area contributed by atoms with E-state index in [2.05, 4.69) is 26.9 Å².